The molecule has 0 radical (unpaired) electrons. The Morgan fingerprint density at radius 1 is 0.537 bits per heavy atom. The lowest BCUT2D eigenvalue weighted by atomic mass is 10.0. The van der Waals surface area contributed by atoms with Crippen molar-refractivity contribution in [3.8, 4) is 0 Å². The third-order valence-electron chi connectivity index (χ3n) is 8.32. The van der Waals surface area contributed by atoms with Gasteiger partial charge in [-0.15, -0.1) is 0 Å². The molecule has 1 saturated heterocycles. The normalized spacial score (nSPS) is 13.7. The summed E-state index contributed by atoms with van der Waals surface area (Å²) in [4.78, 5) is 16.7. The van der Waals surface area contributed by atoms with Crippen molar-refractivity contribution >= 4 is 23.7 Å². The molecule has 2 rings (SSSR count). The molecule has 238 valence electrons. The van der Waals surface area contributed by atoms with Crippen LogP contribution < -0.4 is 10.6 Å². The molecular weight excluding hydrogens is 524 g/mol. The zero-order valence-corrected chi connectivity index (χ0v) is 28.0. The molecule has 2 N–H and O–H groups in total. The summed E-state index contributed by atoms with van der Waals surface area (Å²) in [6.07, 6.45) is 31.5. The first-order chi connectivity index (χ1) is 20.3. The number of thioether (sulfide) groups is 1. The van der Waals surface area contributed by atoms with Crippen LogP contribution in [0.2, 0.25) is 0 Å². The Hall–Kier alpha value is -1.08. The zero-order chi connectivity index (χ0) is 29.1. The molecule has 7 heteroatoms. The number of hydrogen-bond donors (Lipinski definition) is 2. The van der Waals surface area contributed by atoms with Crippen LogP contribution in [0.25, 0.3) is 0 Å². The monoisotopic (exact) mass is 591 g/mol. The van der Waals surface area contributed by atoms with E-state index in [0.29, 0.717) is 0 Å². The lowest BCUT2D eigenvalue weighted by molar-refractivity contribution is 0.352. The van der Waals surface area contributed by atoms with E-state index in [0.717, 1.165) is 42.4 Å². The molecule has 1 aromatic heterocycles. The summed E-state index contributed by atoms with van der Waals surface area (Å²) in [6, 6.07) is 0. The van der Waals surface area contributed by atoms with E-state index in [-0.39, 0.29) is 0 Å². The van der Waals surface area contributed by atoms with Gasteiger partial charge in [-0.2, -0.15) is 15.0 Å². The maximum absolute atomic E-state index is 4.76. The summed E-state index contributed by atoms with van der Waals surface area (Å²) in [7, 11) is 0. The van der Waals surface area contributed by atoms with E-state index < -0.39 is 0 Å². The molecule has 1 fully saturated rings. The first-order valence-electron chi connectivity index (χ1n) is 17.9. The highest BCUT2D eigenvalue weighted by atomic mass is 32.2. The number of hydrogen-bond acceptors (Lipinski definition) is 7. The number of aromatic nitrogens is 3. The van der Waals surface area contributed by atoms with Crippen LogP contribution in [0.1, 0.15) is 162 Å². The molecule has 41 heavy (non-hydrogen) atoms. The summed E-state index contributed by atoms with van der Waals surface area (Å²) < 4.78 is 0. The summed E-state index contributed by atoms with van der Waals surface area (Å²) in [6.45, 7) is 9.92. The van der Waals surface area contributed by atoms with Crippen LogP contribution in [-0.2, 0) is 0 Å². The summed E-state index contributed by atoms with van der Waals surface area (Å²) in [5.41, 5.74) is 0. The van der Waals surface area contributed by atoms with Gasteiger partial charge in [-0.1, -0.05) is 148 Å². The summed E-state index contributed by atoms with van der Waals surface area (Å²) in [5, 5.41) is 7.83. The second kappa shape index (κ2) is 26.5. The van der Waals surface area contributed by atoms with E-state index in [2.05, 4.69) is 29.4 Å². The summed E-state index contributed by atoms with van der Waals surface area (Å²) >= 11 is 1.79. The van der Waals surface area contributed by atoms with Crippen molar-refractivity contribution < 1.29 is 0 Å². The number of nitrogens with zero attached hydrogens (tertiary/aromatic N) is 4. The molecule has 0 aromatic carbocycles. The fourth-order valence-electron chi connectivity index (χ4n) is 5.65. The van der Waals surface area contributed by atoms with Crippen LogP contribution in [0.15, 0.2) is 5.16 Å². The third kappa shape index (κ3) is 20.5. The highest BCUT2D eigenvalue weighted by molar-refractivity contribution is 7.99. The van der Waals surface area contributed by atoms with E-state index in [1.807, 2.05) is 0 Å². The molecule has 1 aliphatic rings. The molecule has 2 heterocycles. The Kier molecular flexibility index (Phi) is 23.4. The predicted molar refractivity (Wildman–Crippen MR) is 182 cm³/mol. The minimum Gasteiger partial charge on any atom is -0.354 e. The quantitative estimate of drug-likeness (QED) is 0.0710. The minimum atomic E-state index is 0.727. The molecule has 0 atom stereocenters. The fraction of sp³-hybridized carbons (Fsp3) is 0.912. The maximum atomic E-state index is 4.76. The average Bonchev–Trinajstić information content (AvgIpc) is 3.50. The minimum absolute atomic E-state index is 0.727. The SMILES string of the molecule is CCCCCCCCCCCCCCCCSc1nc(NCCCCCCCCC)nc(NCCN2CCCC2)n1. The fourth-order valence-corrected chi connectivity index (χ4v) is 6.49. The Morgan fingerprint density at radius 2 is 0.976 bits per heavy atom. The van der Waals surface area contributed by atoms with Crippen molar-refractivity contribution in [3.63, 3.8) is 0 Å². The van der Waals surface area contributed by atoms with Gasteiger partial charge in [0.25, 0.3) is 0 Å². The van der Waals surface area contributed by atoms with Gasteiger partial charge >= 0.3 is 0 Å². The average molecular weight is 591 g/mol. The first kappa shape index (κ1) is 36.1. The molecule has 0 saturated carbocycles. The highest BCUT2D eigenvalue weighted by Crippen LogP contribution is 2.20. The predicted octanol–water partition coefficient (Wildman–Crippen LogP) is 10.1. The van der Waals surface area contributed by atoms with E-state index in [4.69, 9.17) is 15.0 Å². The number of unbranched alkanes of at least 4 members (excludes halogenated alkanes) is 19. The lowest BCUT2D eigenvalue weighted by Gasteiger charge is -2.15. The van der Waals surface area contributed by atoms with Crippen molar-refractivity contribution in [1.29, 1.82) is 0 Å². The molecule has 0 amide bonds. The van der Waals surface area contributed by atoms with Gasteiger partial charge in [0.2, 0.25) is 11.9 Å². The Labute approximate surface area is 258 Å². The van der Waals surface area contributed by atoms with Gasteiger partial charge in [-0.3, -0.25) is 0 Å². The smallest absolute Gasteiger partial charge is 0.228 e. The van der Waals surface area contributed by atoms with Crippen LogP contribution in [0.3, 0.4) is 0 Å². The number of rotatable bonds is 29. The van der Waals surface area contributed by atoms with Gasteiger partial charge < -0.3 is 15.5 Å². The molecular formula is C34H66N6S. The topological polar surface area (TPSA) is 66.0 Å². The van der Waals surface area contributed by atoms with Crippen LogP contribution in [0.4, 0.5) is 11.9 Å². The lowest BCUT2D eigenvalue weighted by Crippen LogP contribution is -2.26. The molecule has 0 spiro atoms. The van der Waals surface area contributed by atoms with E-state index >= 15 is 0 Å². The second-order valence-electron chi connectivity index (χ2n) is 12.2. The van der Waals surface area contributed by atoms with Crippen LogP contribution in [0, 0.1) is 0 Å². The van der Waals surface area contributed by atoms with Gasteiger partial charge in [0.1, 0.15) is 0 Å². The van der Waals surface area contributed by atoms with Crippen molar-refractivity contribution in [2.45, 2.75) is 167 Å². The maximum Gasteiger partial charge on any atom is 0.228 e. The second-order valence-corrected chi connectivity index (χ2v) is 13.3. The number of likely N-dealkylation sites (tertiary alicyclic amines) is 1. The molecule has 1 aromatic rings. The molecule has 0 bridgehead atoms. The number of nitrogens with one attached hydrogen (secondary N) is 2. The first-order valence-corrected chi connectivity index (χ1v) is 18.9. The van der Waals surface area contributed by atoms with Crippen LogP contribution >= 0.6 is 11.8 Å². The Balaban J connectivity index is 1.60. The van der Waals surface area contributed by atoms with Gasteiger partial charge in [0.15, 0.2) is 5.16 Å². The molecule has 6 nitrogen and oxygen atoms in total. The van der Waals surface area contributed by atoms with E-state index in [1.54, 1.807) is 11.8 Å². The Bertz CT molecular complexity index is 712. The van der Waals surface area contributed by atoms with Crippen molar-refractivity contribution in [3.05, 3.63) is 0 Å². The van der Waals surface area contributed by atoms with Gasteiger partial charge in [0.05, 0.1) is 0 Å². The van der Waals surface area contributed by atoms with Gasteiger partial charge in [0, 0.05) is 25.4 Å². The molecule has 1 aliphatic heterocycles. The Morgan fingerprint density at radius 3 is 1.49 bits per heavy atom. The zero-order valence-electron chi connectivity index (χ0n) is 27.2. The van der Waals surface area contributed by atoms with E-state index in [9.17, 15) is 0 Å². The van der Waals surface area contributed by atoms with Crippen molar-refractivity contribution in [2.24, 2.45) is 0 Å². The van der Waals surface area contributed by atoms with Crippen molar-refractivity contribution in [1.82, 2.24) is 19.9 Å². The third-order valence-corrected chi connectivity index (χ3v) is 9.25. The highest BCUT2D eigenvalue weighted by Gasteiger charge is 2.12. The largest absolute Gasteiger partial charge is 0.354 e. The van der Waals surface area contributed by atoms with Crippen LogP contribution in [-0.4, -0.2) is 58.3 Å². The standard InChI is InChI=1S/C34H66N6S/c1-3-5-7-9-11-12-13-14-15-16-17-19-21-25-31-41-34-38-32(35-26-22-20-18-10-8-6-4-2)37-33(39-34)36-27-30-40-28-23-24-29-40/h3-31H2,1-2H3,(H2,35,36,37,38,39). The van der Waals surface area contributed by atoms with Crippen molar-refractivity contribution in [2.75, 3.05) is 49.1 Å². The van der Waals surface area contributed by atoms with Gasteiger partial charge in [-0.25, -0.2) is 0 Å². The summed E-state index contributed by atoms with van der Waals surface area (Å²) in [5.74, 6) is 2.55. The van der Waals surface area contributed by atoms with Gasteiger partial charge in [-0.05, 0) is 38.8 Å². The van der Waals surface area contributed by atoms with Crippen LogP contribution in [0.5, 0.6) is 0 Å². The van der Waals surface area contributed by atoms with E-state index in [1.165, 1.54) is 161 Å². The molecule has 0 aliphatic carbocycles. The molecule has 0 unspecified atom stereocenters. The number of anilines is 2.